The summed E-state index contributed by atoms with van der Waals surface area (Å²) in [6.07, 6.45) is 0.218. The fraction of sp³-hybridized carbons (Fsp3) is 0.125. The molecule has 1 aromatic rings. The second-order valence-corrected chi connectivity index (χ2v) is 2.42. The number of nitrogens with zero attached hydrogens (tertiary/aromatic N) is 1. The standard InChI is InChI=1S/C8H7NO5.K/c1-14-7-3-2-6(9(12)13)5(4-10)8(7)11;/h2-4,11H,1H3;/q;+1. The maximum absolute atomic E-state index is 10.5. The van der Waals surface area contributed by atoms with Crippen molar-refractivity contribution in [1.29, 1.82) is 0 Å². The summed E-state index contributed by atoms with van der Waals surface area (Å²) in [5.41, 5.74) is -0.826. The molecule has 0 aromatic heterocycles. The van der Waals surface area contributed by atoms with Gasteiger partial charge in [-0.3, -0.25) is 14.9 Å². The molecule has 0 amide bonds. The molecule has 0 saturated carbocycles. The minimum Gasteiger partial charge on any atom is -0.504 e. The summed E-state index contributed by atoms with van der Waals surface area (Å²) < 4.78 is 4.69. The van der Waals surface area contributed by atoms with E-state index in [2.05, 4.69) is 0 Å². The van der Waals surface area contributed by atoms with Crippen LogP contribution < -0.4 is 56.1 Å². The Bertz CT molecular complexity index is 393. The molecule has 0 aliphatic carbocycles. The van der Waals surface area contributed by atoms with Gasteiger partial charge >= 0.3 is 51.4 Å². The molecule has 74 valence electrons. The van der Waals surface area contributed by atoms with Crippen LogP contribution in [0.2, 0.25) is 0 Å². The monoisotopic (exact) mass is 236 g/mol. The maximum Gasteiger partial charge on any atom is 1.00 e. The molecule has 0 aliphatic rings. The first-order valence-corrected chi connectivity index (χ1v) is 3.61. The van der Waals surface area contributed by atoms with E-state index in [0.717, 1.165) is 6.07 Å². The van der Waals surface area contributed by atoms with E-state index in [9.17, 15) is 20.0 Å². The van der Waals surface area contributed by atoms with Gasteiger partial charge in [0.1, 0.15) is 5.56 Å². The van der Waals surface area contributed by atoms with Gasteiger partial charge in [0.2, 0.25) is 0 Å². The summed E-state index contributed by atoms with van der Waals surface area (Å²) in [5, 5.41) is 19.8. The zero-order valence-corrected chi connectivity index (χ0v) is 11.4. The van der Waals surface area contributed by atoms with Crippen molar-refractivity contribution < 1.29 is 70.9 Å². The molecule has 7 heteroatoms. The molecule has 0 fully saturated rings. The summed E-state index contributed by atoms with van der Waals surface area (Å²) >= 11 is 0. The number of aromatic hydroxyl groups is 1. The summed E-state index contributed by atoms with van der Waals surface area (Å²) in [6.45, 7) is 0. The molecule has 1 rings (SSSR count). The first kappa shape index (κ1) is 14.5. The number of carbonyl (C=O) groups is 1. The number of aldehydes is 1. The van der Waals surface area contributed by atoms with Gasteiger partial charge < -0.3 is 9.84 Å². The van der Waals surface area contributed by atoms with E-state index in [1.54, 1.807) is 0 Å². The second-order valence-electron chi connectivity index (χ2n) is 2.42. The van der Waals surface area contributed by atoms with Crippen molar-refractivity contribution >= 4 is 12.0 Å². The molecule has 0 spiro atoms. The molecule has 0 saturated heterocycles. The molecular weight excluding hydrogens is 229 g/mol. The summed E-state index contributed by atoms with van der Waals surface area (Å²) in [4.78, 5) is 20.2. The van der Waals surface area contributed by atoms with Crippen molar-refractivity contribution in [2.45, 2.75) is 0 Å². The van der Waals surface area contributed by atoms with E-state index < -0.39 is 16.4 Å². The fourth-order valence-corrected chi connectivity index (χ4v) is 1.02. The third kappa shape index (κ3) is 2.99. The van der Waals surface area contributed by atoms with Crippen molar-refractivity contribution in [2.24, 2.45) is 0 Å². The zero-order chi connectivity index (χ0) is 10.7. The van der Waals surface area contributed by atoms with Crippen LogP contribution in [0.3, 0.4) is 0 Å². The second kappa shape index (κ2) is 6.18. The molecular formula is C8H7KNO5+. The van der Waals surface area contributed by atoms with Gasteiger partial charge in [-0.25, -0.2) is 0 Å². The molecule has 0 aliphatic heterocycles. The van der Waals surface area contributed by atoms with Gasteiger partial charge in [0, 0.05) is 6.07 Å². The fourth-order valence-electron chi connectivity index (χ4n) is 1.02. The third-order valence-corrected chi connectivity index (χ3v) is 1.69. The molecule has 0 unspecified atom stereocenters. The quantitative estimate of drug-likeness (QED) is 0.287. The van der Waals surface area contributed by atoms with Crippen LogP contribution in [0.5, 0.6) is 11.5 Å². The average molecular weight is 236 g/mol. The molecule has 1 aromatic carbocycles. The smallest absolute Gasteiger partial charge is 0.504 e. The Morgan fingerprint density at radius 2 is 2.13 bits per heavy atom. The first-order valence-electron chi connectivity index (χ1n) is 3.61. The average Bonchev–Trinajstić information content (AvgIpc) is 2.17. The Balaban J connectivity index is 0.00000196. The van der Waals surface area contributed by atoms with Crippen molar-refractivity contribution in [3.8, 4) is 11.5 Å². The van der Waals surface area contributed by atoms with Crippen LogP contribution in [-0.4, -0.2) is 23.4 Å². The Hall–Kier alpha value is -0.474. The third-order valence-electron chi connectivity index (χ3n) is 1.69. The predicted octanol–water partition coefficient (Wildman–Crippen LogP) is -1.87. The Morgan fingerprint density at radius 1 is 1.53 bits per heavy atom. The number of benzene rings is 1. The van der Waals surface area contributed by atoms with Gasteiger partial charge in [-0.15, -0.1) is 0 Å². The van der Waals surface area contributed by atoms with E-state index in [-0.39, 0.29) is 69.0 Å². The number of phenols is 1. The minimum absolute atomic E-state index is 0. The van der Waals surface area contributed by atoms with Gasteiger partial charge in [0.25, 0.3) is 5.69 Å². The number of phenolic OH excluding ortho intramolecular Hbond substituents is 1. The van der Waals surface area contributed by atoms with E-state index in [4.69, 9.17) is 4.74 Å². The number of nitro groups is 1. The largest absolute Gasteiger partial charge is 1.00 e. The van der Waals surface area contributed by atoms with Crippen LogP contribution in [-0.2, 0) is 0 Å². The predicted molar refractivity (Wildman–Crippen MR) is 46.7 cm³/mol. The summed E-state index contributed by atoms with van der Waals surface area (Å²) in [5.74, 6) is -0.491. The first-order chi connectivity index (χ1) is 6.61. The number of hydrogen-bond acceptors (Lipinski definition) is 5. The van der Waals surface area contributed by atoms with Gasteiger partial charge in [0.05, 0.1) is 12.0 Å². The van der Waals surface area contributed by atoms with Crippen LogP contribution in [0.25, 0.3) is 0 Å². The minimum atomic E-state index is -0.747. The van der Waals surface area contributed by atoms with E-state index in [0.29, 0.717) is 0 Å². The van der Waals surface area contributed by atoms with E-state index in [1.165, 1.54) is 13.2 Å². The van der Waals surface area contributed by atoms with Gasteiger partial charge in [-0.2, -0.15) is 0 Å². The van der Waals surface area contributed by atoms with Gasteiger partial charge in [-0.05, 0) is 6.07 Å². The molecule has 0 heterocycles. The van der Waals surface area contributed by atoms with E-state index >= 15 is 0 Å². The molecule has 1 N–H and O–H groups in total. The van der Waals surface area contributed by atoms with E-state index in [1.807, 2.05) is 0 Å². The Morgan fingerprint density at radius 3 is 2.53 bits per heavy atom. The Kier molecular flexibility index (Phi) is 5.99. The van der Waals surface area contributed by atoms with Crippen molar-refractivity contribution in [3.05, 3.63) is 27.8 Å². The molecule has 0 radical (unpaired) electrons. The number of methoxy groups -OCH3 is 1. The normalized spacial score (nSPS) is 8.87. The Labute approximate surface area is 128 Å². The number of hydrogen-bond donors (Lipinski definition) is 1. The topological polar surface area (TPSA) is 89.7 Å². The maximum atomic E-state index is 10.5. The molecule has 6 nitrogen and oxygen atoms in total. The van der Waals surface area contributed by atoms with Crippen LogP contribution in [0.1, 0.15) is 10.4 Å². The van der Waals surface area contributed by atoms with Crippen molar-refractivity contribution in [3.63, 3.8) is 0 Å². The molecule has 0 bridgehead atoms. The van der Waals surface area contributed by atoms with Crippen LogP contribution in [0, 0.1) is 10.1 Å². The van der Waals surface area contributed by atoms with Crippen LogP contribution in [0.15, 0.2) is 12.1 Å². The van der Waals surface area contributed by atoms with Crippen LogP contribution >= 0.6 is 0 Å². The number of ether oxygens (including phenoxy) is 1. The van der Waals surface area contributed by atoms with Gasteiger partial charge in [0.15, 0.2) is 17.8 Å². The molecule has 0 atom stereocenters. The molecule has 15 heavy (non-hydrogen) atoms. The SMILES string of the molecule is COc1ccc([N+](=O)[O-])c(C=O)c1O.[K+]. The number of carbonyl (C=O) groups excluding carboxylic acids is 1. The zero-order valence-electron chi connectivity index (χ0n) is 8.26. The number of nitro benzene ring substituents is 1. The summed E-state index contributed by atoms with van der Waals surface area (Å²) in [6, 6.07) is 2.32. The number of rotatable bonds is 3. The van der Waals surface area contributed by atoms with Crippen molar-refractivity contribution in [1.82, 2.24) is 0 Å². The van der Waals surface area contributed by atoms with Gasteiger partial charge in [-0.1, -0.05) is 0 Å². The van der Waals surface area contributed by atoms with Crippen LogP contribution in [0.4, 0.5) is 5.69 Å². The van der Waals surface area contributed by atoms with Crippen molar-refractivity contribution in [2.75, 3.05) is 7.11 Å². The summed E-state index contributed by atoms with van der Waals surface area (Å²) in [7, 11) is 1.29.